The largest absolute Gasteiger partial charge is 0.493 e. The van der Waals surface area contributed by atoms with Crippen LogP contribution in [-0.2, 0) is 14.3 Å². The van der Waals surface area contributed by atoms with Crippen LogP contribution in [0.15, 0.2) is 24.3 Å². The van der Waals surface area contributed by atoms with E-state index in [9.17, 15) is 14.4 Å². The van der Waals surface area contributed by atoms with E-state index >= 15 is 0 Å². The maximum atomic E-state index is 11.8. The van der Waals surface area contributed by atoms with Crippen molar-refractivity contribution in [1.29, 1.82) is 5.26 Å². The van der Waals surface area contributed by atoms with Crippen LogP contribution in [0.5, 0.6) is 11.5 Å². The van der Waals surface area contributed by atoms with E-state index in [2.05, 4.69) is 10.6 Å². The first-order chi connectivity index (χ1) is 14.0. The van der Waals surface area contributed by atoms with Gasteiger partial charge in [-0.25, -0.2) is 9.59 Å². The summed E-state index contributed by atoms with van der Waals surface area (Å²) in [5.74, 6) is -0.632. The van der Waals surface area contributed by atoms with Crippen LogP contribution in [0.3, 0.4) is 0 Å². The lowest BCUT2D eigenvalue weighted by atomic mass is 10.2. The minimum absolute atomic E-state index is 0.0852. The normalized spacial score (nSPS) is 13.5. The number of carbonyl (C=O) groups is 3. The molecular formula is C20H23N3O6. The van der Waals surface area contributed by atoms with Crippen LogP contribution in [0, 0.1) is 11.3 Å². The number of carbonyl (C=O) groups excluding carboxylic acids is 3. The van der Waals surface area contributed by atoms with Gasteiger partial charge in [0, 0.05) is 12.1 Å². The number of ether oxygens (including phenoxy) is 3. The van der Waals surface area contributed by atoms with Gasteiger partial charge >= 0.3 is 12.0 Å². The highest BCUT2D eigenvalue weighted by Crippen LogP contribution is 2.28. The van der Waals surface area contributed by atoms with Crippen LogP contribution in [0.25, 0.3) is 6.08 Å². The highest BCUT2D eigenvalue weighted by Gasteiger charge is 2.18. The number of amides is 3. The fourth-order valence-electron chi connectivity index (χ4n) is 2.82. The molecule has 2 rings (SSSR count). The minimum Gasteiger partial charge on any atom is -0.493 e. The second-order valence-electron chi connectivity index (χ2n) is 6.30. The average molecular weight is 401 g/mol. The summed E-state index contributed by atoms with van der Waals surface area (Å²) in [7, 11) is 1.46. The first-order valence-corrected chi connectivity index (χ1v) is 9.14. The molecule has 0 atom stereocenters. The molecule has 1 aliphatic rings. The van der Waals surface area contributed by atoms with Crippen molar-refractivity contribution in [3.63, 3.8) is 0 Å². The molecule has 0 aliphatic heterocycles. The van der Waals surface area contributed by atoms with Gasteiger partial charge in [0.1, 0.15) is 6.07 Å². The molecule has 0 aromatic heterocycles. The third kappa shape index (κ3) is 7.54. The zero-order valence-electron chi connectivity index (χ0n) is 16.1. The Bertz CT molecular complexity index is 809. The van der Waals surface area contributed by atoms with Crippen LogP contribution < -0.4 is 20.1 Å². The number of imide groups is 1. The fraction of sp³-hybridized carbons (Fsp3) is 0.400. The Kier molecular flexibility index (Phi) is 8.51. The van der Waals surface area contributed by atoms with E-state index in [1.165, 1.54) is 13.2 Å². The molecule has 9 heteroatoms. The van der Waals surface area contributed by atoms with Gasteiger partial charge < -0.3 is 19.5 Å². The topological polar surface area (TPSA) is 127 Å². The van der Waals surface area contributed by atoms with Crippen LogP contribution in [-0.4, -0.2) is 44.3 Å². The number of urea groups is 1. The number of hydrogen-bond donors (Lipinski definition) is 2. The van der Waals surface area contributed by atoms with Gasteiger partial charge in [-0.3, -0.25) is 10.1 Å². The quantitative estimate of drug-likeness (QED) is 0.503. The average Bonchev–Trinajstić information content (AvgIpc) is 3.22. The lowest BCUT2D eigenvalue weighted by Crippen LogP contribution is -2.44. The fourth-order valence-corrected chi connectivity index (χ4v) is 2.82. The Balaban J connectivity index is 1.77. The number of methoxy groups -OCH3 is 1. The van der Waals surface area contributed by atoms with Gasteiger partial charge in [0.05, 0.1) is 7.11 Å². The molecule has 1 aromatic carbocycles. The van der Waals surface area contributed by atoms with E-state index in [1.807, 2.05) is 6.07 Å². The Morgan fingerprint density at radius 2 is 2.00 bits per heavy atom. The highest BCUT2D eigenvalue weighted by molar-refractivity contribution is 5.96. The summed E-state index contributed by atoms with van der Waals surface area (Å²) >= 11 is 0. The number of hydrogen-bond acceptors (Lipinski definition) is 7. The maximum absolute atomic E-state index is 11.8. The molecule has 0 unspecified atom stereocenters. The summed E-state index contributed by atoms with van der Waals surface area (Å²) in [6.07, 6.45) is 6.55. The van der Waals surface area contributed by atoms with Gasteiger partial charge in [0.15, 0.2) is 24.7 Å². The number of esters is 1. The Hall–Kier alpha value is -3.54. The molecular weight excluding hydrogens is 378 g/mol. The first-order valence-electron chi connectivity index (χ1n) is 9.14. The van der Waals surface area contributed by atoms with Gasteiger partial charge in [0.25, 0.3) is 5.91 Å². The van der Waals surface area contributed by atoms with Gasteiger partial charge in [0.2, 0.25) is 0 Å². The van der Waals surface area contributed by atoms with E-state index in [1.54, 1.807) is 18.2 Å². The van der Waals surface area contributed by atoms with E-state index in [0.717, 1.165) is 31.8 Å². The molecule has 1 saturated carbocycles. The molecule has 2 N–H and O–H groups in total. The van der Waals surface area contributed by atoms with Crippen molar-refractivity contribution in [1.82, 2.24) is 10.6 Å². The molecule has 3 amide bonds. The van der Waals surface area contributed by atoms with Gasteiger partial charge in [-0.05, 0) is 36.6 Å². The van der Waals surface area contributed by atoms with Crippen LogP contribution in [0.2, 0.25) is 0 Å². The maximum Gasteiger partial charge on any atom is 0.331 e. The smallest absolute Gasteiger partial charge is 0.331 e. The molecule has 0 bridgehead atoms. The zero-order chi connectivity index (χ0) is 21.1. The molecule has 0 heterocycles. The number of nitrogens with one attached hydrogen (secondary N) is 2. The number of rotatable bonds is 8. The van der Waals surface area contributed by atoms with Crippen LogP contribution in [0.4, 0.5) is 4.79 Å². The standard InChI is InChI=1S/C20H23N3O6/c1-27-17-12-14(6-8-16(17)28-11-10-21)7-9-19(25)29-13-18(24)23-20(26)22-15-4-2-3-5-15/h6-9,12,15H,2-5,11,13H2,1H3,(H2,22,23,24,26). The molecule has 9 nitrogen and oxygen atoms in total. The van der Waals surface area contributed by atoms with Gasteiger partial charge in [-0.15, -0.1) is 0 Å². The van der Waals surface area contributed by atoms with Crippen molar-refractivity contribution in [3.8, 4) is 17.6 Å². The molecule has 1 aromatic rings. The minimum atomic E-state index is -0.736. The molecule has 1 aliphatic carbocycles. The van der Waals surface area contributed by atoms with Crippen molar-refractivity contribution < 1.29 is 28.6 Å². The van der Waals surface area contributed by atoms with Crippen LogP contribution >= 0.6 is 0 Å². The van der Waals surface area contributed by atoms with Crippen molar-refractivity contribution in [2.45, 2.75) is 31.7 Å². The molecule has 0 radical (unpaired) electrons. The highest BCUT2D eigenvalue weighted by atomic mass is 16.5. The van der Waals surface area contributed by atoms with E-state index in [-0.39, 0.29) is 12.6 Å². The van der Waals surface area contributed by atoms with Gasteiger partial charge in [-0.2, -0.15) is 5.26 Å². The molecule has 29 heavy (non-hydrogen) atoms. The van der Waals surface area contributed by atoms with E-state index in [0.29, 0.717) is 17.1 Å². The summed E-state index contributed by atoms with van der Waals surface area (Å²) in [6.45, 7) is -0.676. The van der Waals surface area contributed by atoms with E-state index in [4.69, 9.17) is 19.5 Å². The SMILES string of the molecule is COc1cc(C=CC(=O)OCC(=O)NC(=O)NC2CCCC2)ccc1OCC#N. The summed E-state index contributed by atoms with van der Waals surface area (Å²) < 4.78 is 15.2. The predicted molar refractivity (Wildman–Crippen MR) is 103 cm³/mol. The van der Waals surface area contributed by atoms with Crippen molar-refractivity contribution in [2.24, 2.45) is 0 Å². The summed E-state index contributed by atoms with van der Waals surface area (Å²) in [5, 5.41) is 13.4. The first kappa shape index (κ1) is 21.8. The number of benzene rings is 1. The molecule has 154 valence electrons. The van der Waals surface area contributed by atoms with Gasteiger partial charge in [-0.1, -0.05) is 18.9 Å². The number of nitriles is 1. The molecule has 0 spiro atoms. The lowest BCUT2D eigenvalue weighted by molar-refractivity contribution is -0.143. The second kappa shape index (κ2) is 11.3. The summed E-state index contributed by atoms with van der Waals surface area (Å²) in [6, 6.07) is 6.26. The third-order valence-electron chi connectivity index (χ3n) is 4.18. The van der Waals surface area contributed by atoms with E-state index < -0.39 is 24.5 Å². The Morgan fingerprint density at radius 1 is 1.24 bits per heavy atom. The summed E-state index contributed by atoms with van der Waals surface area (Å²) in [4.78, 5) is 35.1. The lowest BCUT2D eigenvalue weighted by Gasteiger charge is -2.12. The van der Waals surface area contributed by atoms with Crippen LogP contribution in [0.1, 0.15) is 31.2 Å². The van der Waals surface area contributed by atoms with Crippen molar-refractivity contribution in [3.05, 3.63) is 29.8 Å². The number of nitrogens with zero attached hydrogens (tertiary/aromatic N) is 1. The monoisotopic (exact) mass is 401 g/mol. The Labute approximate surface area is 168 Å². The summed E-state index contributed by atoms with van der Waals surface area (Å²) in [5.41, 5.74) is 0.628. The predicted octanol–water partition coefficient (Wildman–Crippen LogP) is 1.92. The Morgan fingerprint density at radius 3 is 2.69 bits per heavy atom. The zero-order valence-corrected chi connectivity index (χ0v) is 16.1. The molecule has 1 fully saturated rings. The molecule has 0 saturated heterocycles. The van der Waals surface area contributed by atoms with Crippen molar-refractivity contribution in [2.75, 3.05) is 20.3 Å². The third-order valence-corrected chi connectivity index (χ3v) is 4.18. The second-order valence-corrected chi connectivity index (χ2v) is 6.30. The van der Waals surface area contributed by atoms with Crippen molar-refractivity contribution >= 4 is 24.0 Å².